The molecule has 1 heterocycles. The zero-order chi connectivity index (χ0) is 12.8. The van der Waals surface area contributed by atoms with Crippen LogP contribution in [-0.4, -0.2) is 44.3 Å². The van der Waals surface area contributed by atoms with E-state index in [4.69, 9.17) is 10.00 Å². The van der Waals surface area contributed by atoms with E-state index >= 15 is 0 Å². The monoisotopic (exact) mass is 249 g/mol. The van der Waals surface area contributed by atoms with E-state index in [2.05, 4.69) is 10.2 Å². The Morgan fingerprint density at radius 3 is 2.83 bits per heavy atom. The summed E-state index contributed by atoms with van der Waals surface area (Å²) in [5.74, 6) is -0.379. The lowest BCUT2D eigenvalue weighted by Crippen LogP contribution is -2.39. The predicted octanol–water partition coefficient (Wildman–Crippen LogP) is 1.44. The second-order valence-corrected chi connectivity index (χ2v) is 4.19. The largest absolute Gasteiger partial charge is 0.381 e. The molecule has 4 nitrogen and oxygen atoms in total. The third-order valence-electron chi connectivity index (χ3n) is 2.95. The maximum atomic E-state index is 13.6. The molecule has 1 saturated heterocycles. The lowest BCUT2D eigenvalue weighted by atomic mass is 10.2. The van der Waals surface area contributed by atoms with E-state index in [1.165, 1.54) is 6.07 Å². The number of ether oxygens (including phenoxy) is 1. The SMILES string of the molecule is N#Cc1ccc(NCCN2CCOCC2)c(F)c1. The number of halogens is 1. The third-order valence-corrected chi connectivity index (χ3v) is 2.95. The molecule has 0 aromatic heterocycles. The highest BCUT2D eigenvalue weighted by molar-refractivity contribution is 5.48. The van der Waals surface area contributed by atoms with Gasteiger partial charge in [0.2, 0.25) is 0 Å². The Bertz CT molecular complexity index is 438. The van der Waals surface area contributed by atoms with Crippen molar-refractivity contribution in [1.82, 2.24) is 4.90 Å². The molecule has 0 bridgehead atoms. The van der Waals surface area contributed by atoms with Crippen LogP contribution in [0.4, 0.5) is 10.1 Å². The van der Waals surface area contributed by atoms with Crippen molar-refractivity contribution in [3.63, 3.8) is 0 Å². The molecule has 1 fully saturated rings. The molecule has 1 aliphatic rings. The normalized spacial score (nSPS) is 16.2. The molecule has 2 rings (SSSR count). The van der Waals surface area contributed by atoms with Gasteiger partial charge in [0, 0.05) is 26.2 Å². The lowest BCUT2D eigenvalue weighted by Gasteiger charge is -2.26. The molecule has 0 aliphatic carbocycles. The van der Waals surface area contributed by atoms with Crippen LogP contribution in [0.3, 0.4) is 0 Å². The van der Waals surface area contributed by atoms with Crippen LogP contribution in [0, 0.1) is 17.1 Å². The van der Waals surface area contributed by atoms with Crippen molar-refractivity contribution in [1.29, 1.82) is 5.26 Å². The minimum absolute atomic E-state index is 0.339. The van der Waals surface area contributed by atoms with Gasteiger partial charge in [0.15, 0.2) is 0 Å². The van der Waals surface area contributed by atoms with Gasteiger partial charge in [-0.1, -0.05) is 0 Å². The summed E-state index contributed by atoms with van der Waals surface area (Å²) < 4.78 is 18.8. The van der Waals surface area contributed by atoms with E-state index in [1.54, 1.807) is 12.1 Å². The zero-order valence-electron chi connectivity index (χ0n) is 10.2. The Labute approximate surface area is 106 Å². The summed E-state index contributed by atoms with van der Waals surface area (Å²) in [6.45, 7) is 4.94. The Kier molecular flexibility index (Phi) is 4.51. The van der Waals surface area contributed by atoms with E-state index in [9.17, 15) is 4.39 Å². The molecule has 0 amide bonds. The van der Waals surface area contributed by atoms with Crippen LogP contribution in [0.2, 0.25) is 0 Å². The highest BCUT2D eigenvalue weighted by Crippen LogP contribution is 2.14. The average molecular weight is 249 g/mol. The fourth-order valence-electron chi connectivity index (χ4n) is 1.90. The standard InChI is InChI=1S/C13H16FN3O/c14-12-9-11(10-15)1-2-13(12)16-3-4-17-5-7-18-8-6-17/h1-2,9,16H,3-8H2. The van der Waals surface area contributed by atoms with Gasteiger partial charge in [-0.3, -0.25) is 4.90 Å². The van der Waals surface area contributed by atoms with E-state index in [1.807, 2.05) is 6.07 Å². The summed E-state index contributed by atoms with van der Waals surface area (Å²) in [5.41, 5.74) is 0.786. The molecule has 0 unspecified atom stereocenters. The topological polar surface area (TPSA) is 48.3 Å². The number of benzene rings is 1. The number of hydrogen-bond donors (Lipinski definition) is 1. The van der Waals surface area contributed by atoms with Crippen molar-refractivity contribution in [2.45, 2.75) is 0 Å². The molecule has 0 saturated carbocycles. The second kappa shape index (κ2) is 6.34. The van der Waals surface area contributed by atoms with Crippen LogP contribution in [-0.2, 0) is 4.74 Å². The van der Waals surface area contributed by atoms with Crippen LogP contribution < -0.4 is 5.32 Å². The second-order valence-electron chi connectivity index (χ2n) is 4.19. The molecule has 0 radical (unpaired) electrons. The molecule has 5 heteroatoms. The first-order chi connectivity index (χ1) is 8.79. The lowest BCUT2D eigenvalue weighted by molar-refractivity contribution is 0.0398. The van der Waals surface area contributed by atoms with E-state index in [0.29, 0.717) is 17.8 Å². The highest BCUT2D eigenvalue weighted by Gasteiger charge is 2.09. The summed E-state index contributed by atoms with van der Waals surface area (Å²) in [6.07, 6.45) is 0. The molecule has 1 aliphatic heterocycles. The van der Waals surface area contributed by atoms with Crippen LogP contribution in [0.25, 0.3) is 0 Å². The minimum Gasteiger partial charge on any atom is -0.381 e. The molecule has 1 aromatic rings. The Morgan fingerprint density at radius 2 is 2.17 bits per heavy atom. The molecular formula is C13H16FN3O. The maximum Gasteiger partial charge on any atom is 0.147 e. The third kappa shape index (κ3) is 3.42. The van der Waals surface area contributed by atoms with Crippen molar-refractivity contribution >= 4 is 5.69 Å². The van der Waals surface area contributed by atoms with Crippen LogP contribution in [0.1, 0.15) is 5.56 Å². The van der Waals surface area contributed by atoms with Gasteiger partial charge in [0.25, 0.3) is 0 Å². The summed E-state index contributed by atoms with van der Waals surface area (Å²) in [4.78, 5) is 2.28. The highest BCUT2D eigenvalue weighted by atomic mass is 19.1. The predicted molar refractivity (Wildman–Crippen MR) is 66.9 cm³/mol. The molecule has 1 aromatic carbocycles. The number of hydrogen-bond acceptors (Lipinski definition) is 4. The van der Waals surface area contributed by atoms with Crippen molar-refractivity contribution in [2.24, 2.45) is 0 Å². The zero-order valence-corrected chi connectivity index (χ0v) is 10.2. The molecule has 96 valence electrons. The van der Waals surface area contributed by atoms with Crippen molar-refractivity contribution < 1.29 is 9.13 Å². The molecular weight excluding hydrogens is 233 g/mol. The molecule has 1 N–H and O–H groups in total. The number of nitriles is 1. The Morgan fingerprint density at radius 1 is 1.39 bits per heavy atom. The number of nitrogens with zero attached hydrogens (tertiary/aromatic N) is 2. The number of rotatable bonds is 4. The number of nitrogens with one attached hydrogen (secondary N) is 1. The number of anilines is 1. The first-order valence-corrected chi connectivity index (χ1v) is 6.03. The molecule has 0 spiro atoms. The van der Waals surface area contributed by atoms with E-state index in [0.717, 1.165) is 32.8 Å². The maximum absolute atomic E-state index is 13.6. The van der Waals surface area contributed by atoms with Gasteiger partial charge in [0.1, 0.15) is 5.82 Å². The number of morpholine rings is 1. The Balaban J connectivity index is 1.81. The van der Waals surface area contributed by atoms with Crippen molar-refractivity contribution in [3.05, 3.63) is 29.6 Å². The average Bonchev–Trinajstić information content (AvgIpc) is 2.42. The summed E-state index contributed by atoms with van der Waals surface area (Å²) in [5, 5.41) is 11.7. The van der Waals surface area contributed by atoms with Crippen molar-refractivity contribution in [3.8, 4) is 6.07 Å². The fraction of sp³-hybridized carbons (Fsp3) is 0.462. The van der Waals surface area contributed by atoms with E-state index in [-0.39, 0.29) is 5.82 Å². The van der Waals surface area contributed by atoms with Gasteiger partial charge in [0.05, 0.1) is 30.5 Å². The summed E-state index contributed by atoms with van der Waals surface area (Å²) in [7, 11) is 0. The molecule has 18 heavy (non-hydrogen) atoms. The van der Waals surface area contributed by atoms with E-state index < -0.39 is 0 Å². The summed E-state index contributed by atoms with van der Waals surface area (Å²) in [6, 6.07) is 6.38. The van der Waals surface area contributed by atoms with Crippen molar-refractivity contribution in [2.75, 3.05) is 44.7 Å². The van der Waals surface area contributed by atoms with Crippen LogP contribution >= 0.6 is 0 Å². The molecule has 0 atom stereocenters. The fourth-order valence-corrected chi connectivity index (χ4v) is 1.90. The first-order valence-electron chi connectivity index (χ1n) is 6.03. The van der Waals surface area contributed by atoms with Gasteiger partial charge in [-0.05, 0) is 18.2 Å². The minimum atomic E-state index is -0.379. The smallest absolute Gasteiger partial charge is 0.147 e. The summed E-state index contributed by atoms with van der Waals surface area (Å²) >= 11 is 0. The Hall–Kier alpha value is -1.64. The van der Waals surface area contributed by atoms with Gasteiger partial charge >= 0.3 is 0 Å². The van der Waals surface area contributed by atoms with Crippen LogP contribution in [0.5, 0.6) is 0 Å². The quantitative estimate of drug-likeness (QED) is 0.877. The first kappa shape index (κ1) is 12.8. The van der Waals surface area contributed by atoms with Gasteiger partial charge in [-0.15, -0.1) is 0 Å². The van der Waals surface area contributed by atoms with Gasteiger partial charge in [-0.25, -0.2) is 4.39 Å². The van der Waals surface area contributed by atoms with Crippen LogP contribution in [0.15, 0.2) is 18.2 Å². The van der Waals surface area contributed by atoms with Gasteiger partial charge in [-0.2, -0.15) is 5.26 Å². The van der Waals surface area contributed by atoms with Gasteiger partial charge < -0.3 is 10.1 Å².